The van der Waals surface area contributed by atoms with Gasteiger partial charge in [0.15, 0.2) is 0 Å². The number of aryl methyl sites for hydroxylation is 2. The molecule has 0 aliphatic carbocycles. The van der Waals surface area contributed by atoms with E-state index in [-0.39, 0.29) is 0 Å². The van der Waals surface area contributed by atoms with Crippen LogP contribution in [-0.4, -0.2) is 18.9 Å². The first-order chi connectivity index (χ1) is 12.4. The molecule has 0 amide bonds. The molecule has 0 saturated heterocycles. The van der Waals surface area contributed by atoms with E-state index in [9.17, 15) is 0 Å². The molecule has 2 aromatic carbocycles. The van der Waals surface area contributed by atoms with Crippen molar-refractivity contribution < 1.29 is 4.42 Å². The predicted octanol–water partition coefficient (Wildman–Crippen LogP) is 4.74. The van der Waals surface area contributed by atoms with Gasteiger partial charge in [0.2, 0.25) is 0 Å². The summed E-state index contributed by atoms with van der Waals surface area (Å²) in [5.41, 5.74) is 3.56. The number of nitrogens with one attached hydrogen (secondary N) is 1. The molecule has 3 nitrogen and oxygen atoms in total. The molecule has 1 aromatic heterocycles. The van der Waals surface area contributed by atoms with E-state index in [4.69, 9.17) is 4.42 Å². The standard InChI is InChI=1S/C22H24N2O/c1-3-7-17(8-4-1)9-5-2-6-10-20-16-19-15-18(11-12-21(19)25-20)22-23-13-14-24-22/h1,3-4,7-8,11-12,15-16H,2,5-6,9-10,13-14H2,(H,23,24). The summed E-state index contributed by atoms with van der Waals surface area (Å²) in [4.78, 5) is 4.49. The predicted molar refractivity (Wildman–Crippen MR) is 103 cm³/mol. The van der Waals surface area contributed by atoms with Gasteiger partial charge in [-0.15, -0.1) is 0 Å². The van der Waals surface area contributed by atoms with Crippen LogP contribution in [0, 0.1) is 0 Å². The topological polar surface area (TPSA) is 37.5 Å². The van der Waals surface area contributed by atoms with Crippen LogP contribution in [0.1, 0.15) is 36.1 Å². The fourth-order valence-electron chi connectivity index (χ4n) is 3.41. The highest BCUT2D eigenvalue weighted by Gasteiger charge is 2.10. The number of aliphatic imine (C=N–C) groups is 1. The summed E-state index contributed by atoms with van der Waals surface area (Å²) in [6.45, 7) is 1.81. The Morgan fingerprint density at radius 2 is 1.80 bits per heavy atom. The second kappa shape index (κ2) is 7.56. The fourth-order valence-corrected chi connectivity index (χ4v) is 3.41. The molecule has 2 heterocycles. The third-order valence-corrected chi connectivity index (χ3v) is 4.75. The summed E-state index contributed by atoms with van der Waals surface area (Å²) in [5, 5.41) is 4.50. The lowest BCUT2D eigenvalue weighted by atomic mass is 10.1. The van der Waals surface area contributed by atoms with Gasteiger partial charge in [0.1, 0.15) is 17.2 Å². The normalized spacial score (nSPS) is 13.8. The number of rotatable bonds is 7. The van der Waals surface area contributed by atoms with Crippen LogP contribution in [0.4, 0.5) is 0 Å². The zero-order chi connectivity index (χ0) is 16.9. The first kappa shape index (κ1) is 15.9. The Bertz CT molecular complexity index is 864. The van der Waals surface area contributed by atoms with Crippen molar-refractivity contribution in [2.75, 3.05) is 13.1 Å². The van der Waals surface area contributed by atoms with Gasteiger partial charge in [0, 0.05) is 23.9 Å². The van der Waals surface area contributed by atoms with Crippen LogP contribution < -0.4 is 5.32 Å². The number of nitrogens with zero attached hydrogens (tertiary/aromatic N) is 1. The third-order valence-electron chi connectivity index (χ3n) is 4.75. The molecule has 1 N–H and O–H groups in total. The summed E-state index contributed by atoms with van der Waals surface area (Å²) in [5.74, 6) is 2.10. The molecule has 3 aromatic rings. The van der Waals surface area contributed by atoms with Gasteiger partial charge < -0.3 is 9.73 Å². The smallest absolute Gasteiger partial charge is 0.134 e. The van der Waals surface area contributed by atoms with Crippen LogP contribution in [0.5, 0.6) is 0 Å². The van der Waals surface area contributed by atoms with Crippen molar-refractivity contribution in [3.05, 3.63) is 71.5 Å². The molecular weight excluding hydrogens is 308 g/mol. The maximum Gasteiger partial charge on any atom is 0.134 e. The first-order valence-corrected chi connectivity index (χ1v) is 9.23. The fraction of sp³-hybridized carbons (Fsp3) is 0.318. The Hall–Kier alpha value is -2.55. The largest absolute Gasteiger partial charge is 0.461 e. The molecule has 0 spiro atoms. The number of benzene rings is 2. The van der Waals surface area contributed by atoms with E-state index >= 15 is 0 Å². The highest BCUT2D eigenvalue weighted by atomic mass is 16.3. The van der Waals surface area contributed by atoms with Gasteiger partial charge in [-0.3, -0.25) is 4.99 Å². The summed E-state index contributed by atoms with van der Waals surface area (Å²) in [6, 6.07) is 19.2. The molecule has 0 saturated carbocycles. The molecule has 4 rings (SSSR count). The van der Waals surface area contributed by atoms with Crippen LogP contribution >= 0.6 is 0 Å². The number of unbranched alkanes of at least 4 members (excludes halogenated alkanes) is 2. The molecule has 25 heavy (non-hydrogen) atoms. The molecule has 0 atom stereocenters. The highest BCUT2D eigenvalue weighted by Crippen LogP contribution is 2.23. The van der Waals surface area contributed by atoms with E-state index in [1.807, 2.05) is 0 Å². The summed E-state index contributed by atoms with van der Waals surface area (Å²) >= 11 is 0. The van der Waals surface area contributed by atoms with Gasteiger partial charge in [-0.1, -0.05) is 36.8 Å². The number of hydrogen-bond acceptors (Lipinski definition) is 3. The van der Waals surface area contributed by atoms with Gasteiger partial charge >= 0.3 is 0 Å². The van der Waals surface area contributed by atoms with Crippen LogP contribution in [0.15, 0.2) is 64.0 Å². The summed E-state index contributed by atoms with van der Waals surface area (Å²) < 4.78 is 5.99. The lowest BCUT2D eigenvalue weighted by Gasteiger charge is -2.01. The van der Waals surface area contributed by atoms with Crippen molar-refractivity contribution in [3.63, 3.8) is 0 Å². The van der Waals surface area contributed by atoms with Crippen LogP contribution in [-0.2, 0) is 12.8 Å². The average molecular weight is 332 g/mol. The maximum atomic E-state index is 5.99. The second-order valence-electron chi connectivity index (χ2n) is 6.67. The minimum atomic E-state index is 0.868. The second-order valence-corrected chi connectivity index (χ2v) is 6.67. The van der Waals surface area contributed by atoms with Crippen molar-refractivity contribution in [2.45, 2.75) is 32.1 Å². The van der Waals surface area contributed by atoms with E-state index in [0.717, 1.165) is 42.3 Å². The Balaban J connectivity index is 1.31. The van der Waals surface area contributed by atoms with Crippen LogP contribution in [0.2, 0.25) is 0 Å². The Kier molecular flexibility index (Phi) is 4.82. The number of hydrogen-bond donors (Lipinski definition) is 1. The van der Waals surface area contributed by atoms with Crippen LogP contribution in [0.25, 0.3) is 11.0 Å². The van der Waals surface area contributed by atoms with E-state index in [2.05, 4.69) is 64.9 Å². The van der Waals surface area contributed by atoms with Gasteiger partial charge in [0.25, 0.3) is 0 Å². The lowest BCUT2D eigenvalue weighted by Crippen LogP contribution is -2.19. The van der Waals surface area contributed by atoms with Crippen LogP contribution in [0.3, 0.4) is 0 Å². The Labute approximate surface area is 148 Å². The zero-order valence-electron chi connectivity index (χ0n) is 14.5. The highest BCUT2D eigenvalue weighted by molar-refractivity contribution is 6.02. The Morgan fingerprint density at radius 1 is 0.920 bits per heavy atom. The first-order valence-electron chi connectivity index (χ1n) is 9.23. The molecule has 3 heteroatoms. The molecule has 128 valence electrons. The zero-order valence-corrected chi connectivity index (χ0v) is 14.5. The van der Waals surface area contributed by atoms with Crippen molar-refractivity contribution in [1.29, 1.82) is 0 Å². The van der Waals surface area contributed by atoms with E-state index < -0.39 is 0 Å². The van der Waals surface area contributed by atoms with Crippen molar-refractivity contribution in [1.82, 2.24) is 5.32 Å². The third kappa shape index (κ3) is 3.93. The van der Waals surface area contributed by atoms with Crippen molar-refractivity contribution >= 4 is 16.8 Å². The average Bonchev–Trinajstić information content (AvgIpc) is 3.31. The van der Waals surface area contributed by atoms with E-state index in [1.54, 1.807) is 0 Å². The number of fused-ring (bicyclic) bond motifs is 1. The molecule has 1 aliphatic heterocycles. The van der Waals surface area contributed by atoms with Gasteiger partial charge in [-0.05, 0) is 49.1 Å². The quantitative estimate of drug-likeness (QED) is 0.635. The van der Waals surface area contributed by atoms with Crippen molar-refractivity contribution in [2.24, 2.45) is 4.99 Å². The minimum Gasteiger partial charge on any atom is -0.461 e. The Morgan fingerprint density at radius 3 is 2.64 bits per heavy atom. The molecule has 0 radical (unpaired) electrons. The molecule has 1 aliphatic rings. The minimum absolute atomic E-state index is 0.868. The molecule has 0 fully saturated rings. The maximum absolute atomic E-state index is 5.99. The van der Waals surface area contributed by atoms with Gasteiger partial charge in [-0.2, -0.15) is 0 Å². The molecule has 0 bridgehead atoms. The summed E-state index contributed by atoms with van der Waals surface area (Å²) in [6.07, 6.45) is 5.82. The van der Waals surface area contributed by atoms with Gasteiger partial charge in [0.05, 0.1) is 6.54 Å². The van der Waals surface area contributed by atoms with E-state index in [0.29, 0.717) is 0 Å². The van der Waals surface area contributed by atoms with E-state index in [1.165, 1.54) is 36.6 Å². The van der Waals surface area contributed by atoms with Gasteiger partial charge in [-0.25, -0.2) is 0 Å². The monoisotopic (exact) mass is 332 g/mol. The molecule has 0 unspecified atom stereocenters. The SMILES string of the molecule is c1ccc(CCCCCc2cc3cc(C4=NCCN4)ccc3o2)cc1. The number of amidine groups is 1. The lowest BCUT2D eigenvalue weighted by molar-refractivity contribution is 0.528. The number of furan rings is 1. The summed E-state index contributed by atoms with van der Waals surface area (Å²) in [7, 11) is 0. The molecular formula is C22H24N2O. The van der Waals surface area contributed by atoms with Crippen molar-refractivity contribution in [3.8, 4) is 0 Å².